The predicted octanol–water partition coefficient (Wildman–Crippen LogP) is 9.10. The minimum absolute atomic E-state index is 0.659. The summed E-state index contributed by atoms with van der Waals surface area (Å²) >= 11 is 0. The van der Waals surface area contributed by atoms with Crippen molar-refractivity contribution in [3.05, 3.63) is 170 Å². The van der Waals surface area contributed by atoms with Gasteiger partial charge in [0.05, 0.1) is 43.0 Å². The van der Waals surface area contributed by atoms with Crippen LogP contribution in [0.25, 0.3) is 88.6 Å². The molecule has 5 heterocycles. The monoisotopic (exact) mass is 666 g/mol. The number of pyridine rings is 2. The van der Waals surface area contributed by atoms with E-state index in [0.29, 0.717) is 0 Å². The van der Waals surface area contributed by atoms with E-state index < -0.39 is 9.52 Å². The van der Waals surface area contributed by atoms with Gasteiger partial charge in [-0.05, 0) is 94.3 Å². The van der Waals surface area contributed by atoms with Crippen molar-refractivity contribution >= 4 is 63.5 Å². The Morgan fingerprint density at radius 3 is 1.25 bits per heavy atom. The molecule has 0 aliphatic carbocycles. The van der Waals surface area contributed by atoms with Gasteiger partial charge in [-0.15, -0.1) is 0 Å². The molecule has 10 aromatic rings. The number of rotatable bonds is 4. The summed E-state index contributed by atoms with van der Waals surface area (Å²) in [5.74, 6) is 0. The maximum absolute atomic E-state index is 5.03. The van der Waals surface area contributed by atoms with E-state index in [0.717, 1.165) is 22.5 Å². The second kappa shape index (κ2) is 11.0. The zero-order valence-corrected chi connectivity index (χ0v) is 29.1. The van der Waals surface area contributed by atoms with Gasteiger partial charge in [-0.25, -0.2) is 0 Å². The van der Waals surface area contributed by atoms with Gasteiger partial charge in [0.1, 0.15) is 0 Å². The lowest BCUT2D eigenvalue weighted by Gasteiger charge is -2.10. The number of benzene rings is 6. The van der Waals surface area contributed by atoms with Crippen molar-refractivity contribution in [1.82, 2.24) is 19.1 Å². The Bertz CT molecular complexity index is 2790. The molecule has 1 aliphatic heterocycles. The van der Waals surface area contributed by atoms with Crippen molar-refractivity contribution in [3.8, 4) is 45.0 Å². The standard InChI is InChI=1S/C46H30N4Si/c1-3-11-31(12-4-1)49-41-17-9-7-15-33(41)35-23-29(19-21-43(35)49)39-25-37-38-26-40(48-28-46(38)51-45(37)27-47-39)30-20-22-44-36(24-30)34-16-8-10-18-42(34)50(44)32-13-5-2-6-14-32/h1-28H,51H2. The summed E-state index contributed by atoms with van der Waals surface area (Å²) in [4.78, 5) is 10.1. The molecular formula is C46H30N4Si. The number of fused-ring (bicyclic) bond motifs is 9. The van der Waals surface area contributed by atoms with Crippen LogP contribution >= 0.6 is 0 Å². The molecule has 0 spiro atoms. The highest BCUT2D eigenvalue weighted by Gasteiger charge is 2.23. The van der Waals surface area contributed by atoms with Crippen LogP contribution in [0, 0.1) is 0 Å². The molecule has 51 heavy (non-hydrogen) atoms. The normalized spacial score (nSPS) is 12.2. The van der Waals surface area contributed by atoms with Crippen LogP contribution < -0.4 is 10.4 Å². The SMILES string of the molecule is c1ccc(-n2c3ccccc3c3cc(-c4cc5c(cn4)[SiH2]c4cnc(-c6ccc7c(c6)c6ccccc6n7-c6ccccc6)cc4-5)ccc32)cc1. The van der Waals surface area contributed by atoms with Gasteiger partial charge in [-0.3, -0.25) is 9.97 Å². The third-order valence-electron chi connectivity index (χ3n) is 10.6. The minimum Gasteiger partial charge on any atom is -0.309 e. The van der Waals surface area contributed by atoms with Gasteiger partial charge in [-0.2, -0.15) is 0 Å². The molecule has 0 saturated carbocycles. The number of para-hydroxylation sites is 4. The highest BCUT2D eigenvalue weighted by Crippen LogP contribution is 2.37. The lowest BCUT2D eigenvalue weighted by molar-refractivity contribution is 1.18. The van der Waals surface area contributed by atoms with Crippen LogP contribution in [0.15, 0.2) is 170 Å². The van der Waals surface area contributed by atoms with Gasteiger partial charge < -0.3 is 9.13 Å². The average Bonchev–Trinajstić information content (AvgIpc) is 3.85. The Labute approximate surface area is 296 Å². The van der Waals surface area contributed by atoms with Gasteiger partial charge in [0.15, 0.2) is 0 Å². The van der Waals surface area contributed by atoms with Crippen LogP contribution in [0.2, 0.25) is 0 Å². The van der Waals surface area contributed by atoms with Crippen molar-refractivity contribution in [1.29, 1.82) is 0 Å². The first-order valence-corrected chi connectivity index (χ1v) is 18.9. The fourth-order valence-electron chi connectivity index (χ4n) is 8.25. The first kappa shape index (κ1) is 28.3. The first-order valence-electron chi connectivity index (χ1n) is 17.4. The molecule has 0 unspecified atom stereocenters. The molecule has 0 radical (unpaired) electrons. The number of hydrogen-bond donors (Lipinski definition) is 0. The summed E-state index contributed by atoms with van der Waals surface area (Å²) in [5.41, 5.74) is 14.0. The molecule has 0 fully saturated rings. The van der Waals surface area contributed by atoms with Gasteiger partial charge >= 0.3 is 0 Å². The molecule has 0 saturated heterocycles. The Kier molecular flexibility index (Phi) is 6.09. The highest BCUT2D eigenvalue weighted by atomic mass is 28.2. The summed E-state index contributed by atoms with van der Waals surface area (Å²) in [6.07, 6.45) is 4.25. The third kappa shape index (κ3) is 4.32. The molecule has 6 aromatic carbocycles. The fraction of sp³-hybridized carbons (Fsp3) is 0. The van der Waals surface area contributed by atoms with E-state index >= 15 is 0 Å². The van der Waals surface area contributed by atoms with Crippen molar-refractivity contribution < 1.29 is 0 Å². The Balaban J connectivity index is 1.01. The lowest BCUT2D eigenvalue weighted by Crippen LogP contribution is -2.21. The fourth-order valence-corrected chi connectivity index (χ4v) is 9.99. The van der Waals surface area contributed by atoms with Crippen LogP contribution in [-0.2, 0) is 0 Å². The molecule has 5 heteroatoms. The third-order valence-corrected chi connectivity index (χ3v) is 12.5. The van der Waals surface area contributed by atoms with Crippen LogP contribution in [0.5, 0.6) is 0 Å². The van der Waals surface area contributed by atoms with E-state index in [1.54, 1.807) is 0 Å². The van der Waals surface area contributed by atoms with Crippen molar-refractivity contribution in [3.63, 3.8) is 0 Å². The summed E-state index contributed by atoms with van der Waals surface area (Å²) in [6, 6.07) is 56.8. The van der Waals surface area contributed by atoms with Crippen molar-refractivity contribution in [2.24, 2.45) is 0 Å². The molecule has 0 N–H and O–H groups in total. The second-order valence-corrected chi connectivity index (χ2v) is 15.3. The molecular weight excluding hydrogens is 637 g/mol. The van der Waals surface area contributed by atoms with E-state index in [4.69, 9.17) is 9.97 Å². The van der Waals surface area contributed by atoms with Gasteiger partial charge in [-0.1, -0.05) is 84.9 Å². The minimum atomic E-state index is -0.659. The first-order chi connectivity index (χ1) is 25.3. The average molecular weight is 667 g/mol. The maximum Gasteiger partial charge on any atom is 0.0931 e. The second-order valence-electron chi connectivity index (χ2n) is 13.5. The lowest BCUT2D eigenvalue weighted by atomic mass is 10.0. The largest absolute Gasteiger partial charge is 0.309 e. The van der Waals surface area contributed by atoms with Gasteiger partial charge in [0, 0.05) is 56.4 Å². The number of nitrogens with zero attached hydrogens (tertiary/aromatic N) is 4. The quantitative estimate of drug-likeness (QED) is 0.176. The van der Waals surface area contributed by atoms with Gasteiger partial charge in [0.25, 0.3) is 0 Å². The Hall–Kier alpha value is -6.56. The molecule has 0 atom stereocenters. The van der Waals surface area contributed by atoms with E-state index in [2.05, 4.69) is 179 Å². The maximum atomic E-state index is 5.03. The Morgan fingerprint density at radius 2 is 0.784 bits per heavy atom. The van der Waals surface area contributed by atoms with E-state index in [1.807, 2.05) is 0 Å². The Morgan fingerprint density at radius 1 is 0.373 bits per heavy atom. The highest BCUT2D eigenvalue weighted by molar-refractivity contribution is 6.73. The van der Waals surface area contributed by atoms with E-state index in [-0.39, 0.29) is 0 Å². The van der Waals surface area contributed by atoms with E-state index in [1.165, 1.54) is 76.5 Å². The molecule has 11 rings (SSSR count). The molecule has 0 amide bonds. The number of hydrogen-bond acceptors (Lipinski definition) is 2. The topological polar surface area (TPSA) is 35.6 Å². The van der Waals surface area contributed by atoms with Gasteiger partial charge in [0.2, 0.25) is 0 Å². The van der Waals surface area contributed by atoms with Crippen LogP contribution in [0.1, 0.15) is 0 Å². The van der Waals surface area contributed by atoms with Crippen LogP contribution in [-0.4, -0.2) is 28.6 Å². The molecule has 4 aromatic heterocycles. The van der Waals surface area contributed by atoms with E-state index in [9.17, 15) is 0 Å². The van der Waals surface area contributed by atoms with Crippen molar-refractivity contribution in [2.75, 3.05) is 0 Å². The van der Waals surface area contributed by atoms with Crippen molar-refractivity contribution in [2.45, 2.75) is 0 Å². The molecule has 0 bridgehead atoms. The molecule has 238 valence electrons. The number of aromatic nitrogens is 4. The zero-order valence-electron chi connectivity index (χ0n) is 27.7. The smallest absolute Gasteiger partial charge is 0.0931 e. The zero-order chi connectivity index (χ0) is 33.5. The summed E-state index contributed by atoms with van der Waals surface area (Å²) in [6.45, 7) is 0. The summed E-state index contributed by atoms with van der Waals surface area (Å²) < 4.78 is 4.72. The summed E-state index contributed by atoms with van der Waals surface area (Å²) in [7, 11) is -0.659. The predicted molar refractivity (Wildman–Crippen MR) is 215 cm³/mol. The molecule has 1 aliphatic rings. The van der Waals surface area contributed by atoms with Crippen LogP contribution in [0.3, 0.4) is 0 Å². The van der Waals surface area contributed by atoms with Crippen LogP contribution in [0.4, 0.5) is 0 Å². The molecule has 4 nitrogen and oxygen atoms in total. The summed E-state index contributed by atoms with van der Waals surface area (Å²) in [5, 5.41) is 7.74.